The summed E-state index contributed by atoms with van der Waals surface area (Å²) in [6, 6.07) is 0.521. The van der Waals surface area contributed by atoms with Gasteiger partial charge in [0.15, 0.2) is 5.65 Å². The Labute approximate surface area is 124 Å². The van der Waals surface area contributed by atoms with Crippen LogP contribution in [0.5, 0.6) is 0 Å². The second kappa shape index (κ2) is 7.59. The average Bonchev–Trinajstić information content (AvgIpc) is 2.94. The monoisotopic (exact) mass is 293 g/mol. The van der Waals surface area contributed by atoms with Crippen molar-refractivity contribution in [2.24, 2.45) is 0 Å². The van der Waals surface area contributed by atoms with E-state index < -0.39 is 0 Å². The molecule has 2 unspecified atom stereocenters. The highest BCUT2D eigenvalue weighted by molar-refractivity contribution is 8.00. The van der Waals surface area contributed by atoms with E-state index >= 15 is 0 Å². The number of H-pyrrole nitrogens is 1. The largest absolute Gasteiger partial charge is 0.341 e. The Hall–Kier alpha value is -1.14. The predicted octanol–water partition coefficient (Wildman–Crippen LogP) is 3.00. The first-order valence-electron chi connectivity index (χ1n) is 7.34. The van der Waals surface area contributed by atoms with Crippen LogP contribution in [-0.4, -0.2) is 37.8 Å². The first-order valence-corrected chi connectivity index (χ1v) is 8.22. The maximum absolute atomic E-state index is 4.42. The first kappa shape index (κ1) is 15.3. The molecule has 6 heteroatoms. The summed E-state index contributed by atoms with van der Waals surface area (Å²) >= 11 is 1.83. The highest BCUT2D eigenvalue weighted by Gasteiger charge is 2.21. The van der Waals surface area contributed by atoms with E-state index in [9.17, 15) is 0 Å². The fraction of sp³-hybridized carbons (Fsp3) is 0.643. The molecule has 2 rings (SSSR count). The molecule has 0 saturated carbocycles. The number of aromatic nitrogens is 4. The van der Waals surface area contributed by atoms with Crippen molar-refractivity contribution in [3.05, 3.63) is 12.7 Å². The van der Waals surface area contributed by atoms with Crippen molar-refractivity contribution < 1.29 is 0 Å². The number of imidazole rings is 1. The molecule has 2 N–H and O–H groups in total. The van der Waals surface area contributed by atoms with Crippen molar-refractivity contribution in [3.63, 3.8) is 0 Å². The summed E-state index contributed by atoms with van der Waals surface area (Å²) in [5, 5.41) is 5.12. The molecule has 2 aromatic rings. The topological polar surface area (TPSA) is 66.5 Å². The lowest BCUT2D eigenvalue weighted by Crippen LogP contribution is -2.37. The van der Waals surface area contributed by atoms with Crippen molar-refractivity contribution in [1.29, 1.82) is 0 Å². The van der Waals surface area contributed by atoms with Crippen LogP contribution in [0.15, 0.2) is 17.7 Å². The molecule has 2 atom stereocenters. The van der Waals surface area contributed by atoms with Gasteiger partial charge >= 0.3 is 0 Å². The fourth-order valence-corrected chi connectivity index (χ4v) is 3.64. The third-order valence-electron chi connectivity index (χ3n) is 3.37. The molecule has 0 amide bonds. The van der Waals surface area contributed by atoms with E-state index in [1.807, 2.05) is 11.8 Å². The molecular formula is C14H23N5S. The lowest BCUT2D eigenvalue weighted by atomic mass is 10.1. The van der Waals surface area contributed by atoms with E-state index in [-0.39, 0.29) is 0 Å². The Morgan fingerprint density at radius 3 is 2.80 bits per heavy atom. The van der Waals surface area contributed by atoms with Gasteiger partial charge < -0.3 is 10.3 Å². The lowest BCUT2D eigenvalue weighted by molar-refractivity contribution is 0.465. The van der Waals surface area contributed by atoms with Crippen LogP contribution in [0.4, 0.5) is 0 Å². The van der Waals surface area contributed by atoms with Gasteiger partial charge in [-0.15, -0.1) is 0 Å². The SMILES string of the molecule is CCCC(NCC)C(CC)Sc1ncnc2nc[nH]c12. The van der Waals surface area contributed by atoms with Crippen LogP contribution >= 0.6 is 11.8 Å². The molecule has 0 aliphatic heterocycles. The number of nitrogens with zero attached hydrogens (tertiary/aromatic N) is 3. The smallest absolute Gasteiger partial charge is 0.181 e. The molecule has 0 aromatic carbocycles. The average molecular weight is 293 g/mol. The molecule has 2 aromatic heterocycles. The number of fused-ring (bicyclic) bond motifs is 1. The Morgan fingerprint density at radius 2 is 2.10 bits per heavy atom. The van der Waals surface area contributed by atoms with Gasteiger partial charge in [0.2, 0.25) is 0 Å². The molecule has 0 saturated heterocycles. The third-order valence-corrected chi connectivity index (χ3v) is 4.87. The summed E-state index contributed by atoms with van der Waals surface area (Å²) in [5.74, 6) is 0. The van der Waals surface area contributed by atoms with Crippen molar-refractivity contribution in [2.45, 2.75) is 56.4 Å². The molecule has 0 radical (unpaired) electrons. The van der Waals surface area contributed by atoms with E-state index in [0.29, 0.717) is 11.3 Å². The second-order valence-corrected chi connectivity index (χ2v) is 6.03. The van der Waals surface area contributed by atoms with Crippen LogP contribution in [0.1, 0.15) is 40.0 Å². The Balaban J connectivity index is 2.18. The number of aromatic amines is 1. The van der Waals surface area contributed by atoms with E-state index in [1.165, 1.54) is 12.8 Å². The maximum atomic E-state index is 4.42. The number of rotatable bonds is 8. The summed E-state index contributed by atoms with van der Waals surface area (Å²) in [7, 11) is 0. The summed E-state index contributed by atoms with van der Waals surface area (Å²) in [6.45, 7) is 7.64. The van der Waals surface area contributed by atoms with Gasteiger partial charge in [-0.2, -0.15) is 0 Å². The fourth-order valence-electron chi connectivity index (χ4n) is 2.42. The molecule has 20 heavy (non-hydrogen) atoms. The highest BCUT2D eigenvalue weighted by atomic mass is 32.2. The minimum atomic E-state index is 0.510. The van der Waals surface area contributed by atoms with Crippen LogP contribution in [0.25, 0.3) is 11.2 Å². The van der Waals surface area contributed by atoms with E-state index in [4.69, 9.17) is 0 Å². The zero-order valence-corrected chi connectivity index (χ0v) is 13.2. The minimum Gasteiger partial charge on any atom is -0.341 e. The Morgan fingerprint density at radius 1 is 1.25 bits per heavy atom. The normalized spacial score (nSPS) is 14.6. The van der Waals surface area contributed by atoms with Crippen LogP contribution < -0.4 is 5.32 Å². The van der Waals surface area contributed by atoms with Gasteiger partial charge in [0, 0.05) is 11.3 Å². The molecule has 5 nitrogen and oxygen atoms in total. The van der Waals surface area contributed by atoms with E-state index in [1.54, 1.807) is 12.7 Å². The predicted molar refractivity (Wildman–Crippen MR) is 84.0 cm³/mol. The Kier molecular flexibility index (Phi) is 5.79. The van der Waals surface area contributed by atoms with Crippen LogP contribution in [0.3, 0.4) is 0 Å². The van der Waals surface area contributed by atoms with E-state index in [0.717, 1.165) is 29.2 Å². The van der Waals surface area contributed by atoms with Gasteiger partial charge in [0.25, 0.3) is 0 Å². The van der Waals surface area contributed by atoms with Gasteiger partial charge in [0.05, 0.1) is 6.33 Å². The molecule has 0 aliphatic rings. The third kappa shape index (κ3) is 3.49. The lowest BCUT2D eigenvalue weighted by Gasteiger charge is -2.26. The van der Waals surface area contributed by atoms with Crippen molar-refractivity contribution in [3.8, 4) is 0 Å². The Bertz CT molecular complexity index is 521. The van der Waals surface area contributed by atoms with Crippen LogP contribution in [0, 0.1) is 0 Å². The van der Waals surface area contributed by atoms with Gasteiger partial charge in [-0.3, -0.25) is 0 Å². The number of hydrogen-bond acceptors (Lipinski definition) is 5. The summed E-state index contributed by atoms with van der Waals surface area (Å²) in [5.41, 5.74) is 1.69. The van der Waals surface area contributed by atoms with Gasteiger partial charge in [0.1, 0.15) is 16.9 Å². The zero-order chi connectivity index (χ0) is 14.4. The van der Waals surface area contributed by atoms with Crippen LogP contribution in [-0.2, 0) is 0 Å². The standard InChI is InChI=1S/C14H23N5S/c1-4-7-10(15-6-3)11(5-2)20-14-12-13(17-8-16-12)18-9-19-14/h8-11,15H,4-7H2,1-3H3,(H,16,17,18,19). The van der Waals surface area contributed by atoms with E-state index in [2.05, 4.69) is 46.0 Å². The highest BCUT2D eigenvalue weighted by Crippen LogP contribution is 2.30. The summed E-state index contributed by atoms with van der Waals surface area (Å²) < 4.78 is 0. The molecule has 2 heterocycles. The van der Waals surface area contributed by atoms with Gasteiger partial charge in [-0.1, -0.05) is 39.0 Å². The molecular weight excluding hydrogens is 270 g/mol. The van der Waals surface area contributed by atoms with Crippen molar-refractivity contribution in [1.82, 2.24) is 25.3 Å². The maximum Gasteiger partial charge on any atom is 0.181 e. The number of hydrogen-bond donors (Lipinski definition) is 2. The molecule has 0 fully saturated rings. The van der Waals surface area contributed by atoms with Crippen molar-refractivity contribution in [2.75, 3.05) is 6.54 Å². The number of thioether (sulfide) groups is 1. The first-order chi connectivity index (χ1) is 9.80. The molecule has 0 bridgehead atoms. The molecule has 0 aliphatic carbocycles. The second-order valence-electron chi connectivity index (χ2n) is 4.80. The minimum absolute atomic E-state index is 0.510. The molecule has 0 spiro atoms. The number of nitrogens with one attached hydrogen (secondary N) is 2. The summed E-state index contributed by atoms with van der Waals surface area (Å²) in [4.78, 5) is 15.9. The zero-order valence-electron chi connectivity index (χ0n) is 12.4. The van der Waals surface area contributed by atoms with Crippen LogP contribution in [0.2, 0.25) is 0 Å². The van der Waals surface area contributed by atoms with Crippen molar-refractivity contribution >= 4 is 22.9 Å². The van der Waals surface area contributed by atoms with Gasteiger partial charge in [-0.05, 0) is 19.4 Å². The molecule has 110 valence electrons. The summed E-state index contributed by atoms with van der Waals surface area (Å²) in [6.07, 6.45) is 6.77. The quantitative estimate of drug-likeness (QED) is 0.578. The van der Waals surface area contributed by atoms with Gasteiger partial charge in [-0.25, -0.2) is 15.0 Å².